The topological polar surface area (TPSA) is 73.2 Å². The molecule has 0 aliphatic carbocycles. The summed E-state index contributed by atoms with van der Waals surface area (Å²) in [7, 11) is 0. The van der Waals surface area contributed by atoms with Crippen LogP contribution in [0.1, 0.15) is 11.1 Å². The molecule has 170 valence electrons. The number of benzene rings is 3. The highest BCUT2D eigenvalue weighted by molar-refractivity contribution is 8.05. The number of nitrogens with zero attached hydrogens (tertiary/aromatic N) is 2. The van der Waals surface area contributed by atoms with Gasteiger partial charge in [0.15, 0.2) is 0 Å². The summed E-state index contributed by atoms with van der Waals surface area (Å²) in [5.74, 6) is -1.23. The molecular weight excluding hydrogens is 473 g/mol. The summed E-state index contributed by atoms with van der Waals surface area (Å²) >= 11 is 7.06. The average Bonchev–Trinajstić information content (AvgIpc) is 3.13. The molecule has 5 nitrogen and oxygen atoms in total. The number of thioether (sulfide) groups is 1. The highest BCUT2D eigenvalue weighted by atomic mass is 35.5. The Labute approximate surface area is 205 Å². The molecule has 1 fully saturated rings. The van der Waals surface area contributed by atoms with Crippen molar-refractivity contribution in [2.45, 2.75) is 18.6 Å². The zero-order valence-corrected chi connectivity index (χ0v) is 19.7. The minimum Gasteiger partial charge on any atom is -0.321 e. The predicted molar refractivity (Wildman–Crippen MR) is 133 cm³/mol. The molecule has 1 aliphatic rings. The first kappa shape index (κ1) is 23.6. The van der Waals surface area contributed by atoms with E-state index in [4.69, 9.17) is 11.6 Å². The van der Waals surface area contributed by atoms with Gasteiger partial charge in [0.25, 0.3) is 5.91 Å². The van der Waals surface area contributed by atoms with Crippen LogP contribution in [0.4, 0.5) is 15.8 Å². The van der Waals surface area contributed by atoms with E-state index in [-0.39, 0.29) is 22.3 Å². The van der Waals surface area contributed by atoms with E-state index in [0.717, 1.165) is 22.9 Å². The molecule has 0 unspecified atom stereocenters. The van der Waals surface area contributed by atoms with Crippen LogP contribution in [0.2, 0.25) is 5.02 Å². The Morgan fingerprint density at radius 1 is 1.09 bits per heavy atom. The number of aryl methyl sites for hydroxylation is 1. The molecule has 1 heterocycles. The van der Waals surface area contributed by atoms with E-state index in [0.29, 0.717) is 22.8 Å². The summed E-state index contributed by atoms with van der Waals surface area (Å²) < 4.78 is 13.3. The monoisotopic (exact) mass is 491 g/mol. The summed E-state index contributed by atoms with van der Waals surface area (Å²) in [6.45, 7) is 1.93. The summed E-state index contributed by atoms with van der Waals surface area (Å²) in [6.07, 6.45) is 0.327. The van der Waals surface area contributed by atoms with Crippen LogP contribution < -0.4 is 10.2 Å². The maximum absolute atomic E-state index is 13.5. The number of halogens is 2. The Bertz CT molecular complexity index is 1300. The van der Waals surface area contributed by atoms with Crippen LogP contribution in [0.25, 0.3) is 0 Å². The van der Waals surface area contributed by atoms with Gasteiger partial charge in [-0.25, -0.2) is 4.39 Å². The fourth-order valence-corrected chi connectivity index (χ4v) is 4.91. The van der Waals surface area contributed by atoms with Crippen molar-refractivity contribution in [3.8, 4) is 6.07 Å². The van der Waals surface area contributed by atoms with Gasteiger partial charge in [-0.3, -0.25) is 14.5 Å². The van der Waals surface area contributed by atoms with Gasteiger partial charge in [-0.2, -0.15) is 5.26 Å². The minimum absolute atomic E-state index is 0.171. The number of nitriles is 1. The Hall–Kier alpha value is -3.60. The molecule has 4 rings (SSSR count). The van der Waals surface area contributed by atoms with Crippen molar-refractivity contribution in [3.05, 3.63) is 105 Å². The summed E-state index contributed by atoms with van der Waals surface area (Å²) in [6, 6.07) is 21.7. The molecule has 3 aromatic carbocycles. The molecule has 1 N–H and O–H groups in total. The van der Waals surface area contributed by atoms with Crippen LogP contribution in [0.3, 0.4) is 0 Å². The smallest absolute Gasteiger partial charge is 0.269 e. The molecule has 0 bridgehead atoms. The fraction of sp³-hybridized carbons (Fsp3) is 0.115. The van der Waals surface area contributed by atoms with Crippen LogP contribution in [0, 0.1) is 24.1 Å². The van der Waals surface area contributed by atoms with E-state index < -0.39 is 11.2 Å². The molecule has 0 saturated carbocycles. The maximum atomic E-state index is 13.5. The lowest BCUT2D eigenvalue weighted by atomic mass is 10.1. The summed E-state index contributed by atoms with van der Waals surface area (Å²) in [4.78, 5) is 27.9. The van der Waals surface area contributed by atoms with Crippen molar-refractivity contribution in [2.24, 2.45) is 0 Å². The van der Waals surface area contributed by atoms with E-state index >= 15 is 0 Å². The van der Waals surface area contributed by atoms with Crippen molar-refractivity contribution < 1.29 is 14.0 Å². The predicted octanol–water partition coefficient (Wildman–Crippen LogP) is 5.85. The van der Waals surface area contributed by atoms with E-state index in [9.17, 15) is 19.2 Å². The van der Waals surface area contributed by atoms with Gasteiger partial charge in [0, 0.05) is 16.4 Å². The largest absolute Gasteiger partial charge is 0.321 e. The average molecular weight is 492 g/mol. The number of amides is 2. The Kier molecular flexibility index (Phi) is 7.01. The lowest BCUT2D eigenvalue weighted by molar-refractivity contribution is -0.117. The molecule has 34 heavy (non-hydrogen) atoms. The molecule has 1 aliphatic heterocycles. The first-order valence-corrected chi connectivity index (χ1v) is 11.6. The van der Waals surface area contributed by atoms with E-state index in [1.54, 1.807) is 48.5 Å². The SMILES string of the molecule is Cc1ccc(N2C(=O)[C@H](Cc3ccc(F)cc3)S/C2=C(\C#N)C(=O)Nc2ccc(Cl)cc2)cc1. The lowest BCUT2D eigenvalue weighted by Crippen LogP contribution is -2.30. The highest BCUT2D eigenvalue weighted by Gasteiger charge is 2.40. The molecule has 0 radical (unpaired) electrons. The van der Waals surface area contributed by atoms with Crippen LogP contribution in [-0.4, -0.2) is 17.1 Å². The summed E-state index contributed by atoms with van der Waals surface area (Å²) in [5.41, 5.74) is 2.66. The number of carbonyl (C=O) groups is 2. The number of carbonyl (C=O) groups excluding carboxylic acids is 2. The molecule has 0 aromatic heterocycles. The standard InChI is InChI=1S/C26H19ClFN3O2S/c1-16-2-12-21(13-3-16)31-25(33)23(14-17-4-8-19(28)9-5-17)34-26(31)22(15-29)24(32)30-20-10-6-18(27)7-11-20/h2-13,23H,14H2,1H3,(H,30,32)/b26-22+/t23-/m0/s1. The number of nitrogens with one attached hydrogen (secondary N) is 1. The minimum atomic E-state index is -0.625. The zero-order chi connectivity index (χ0) is 24.2. The molecule has 3 aromatic rings. The van der Waals surface area contributed by atoms with E-state index in [1.165, 1.54) is 17.0 Å². The fourth-order valence-electron chi connectivity index (χ4n) is 3.48. The molecule has 0 spiro atoms. The van der Waals surface area contributed by atoms with Gasteiger partial charge in [0.2, 0.25) is 5.91 Å². The number of hydrogen-bond acceptors (Lipinski definition) is 4. The molecule has 1 atom stereocenters. The second-order valence-electron chi connectivity index (χ2n) is 7.70. The van der Waals surface area contributed by atoms with Gasteiger partial charge in [-0.1, -0.05) is 53.2 Å². The second kappa shape index (κ2) is 10.1. The van der Waals surface area contributed by atoms with Gasteiger partial charge in [0.1, 0.15) is 22.5 Å². The second-order valence-corrected chi connectivity index (χ2v) is 9.33. The van der Waals surface area contributed by atoms with Gasteiger partial charge < -0.3 is 5.32 Å². The van der Waals surface area contributed by atoms with Gasteiger partial charge in [0.05, 0.1) is 5.25 Å². The number of anilines is 2. The van der Waals surface area contributed by atoms with Crippen molar-refractivity contribution in [3.63, 3.8) is 0 Å². The zero-order valence-electron chi connectivity index (χ0n) is 18.1. The third kappa shape index (κ3) is 5.14. The van der Waals surface area contributed by atoms with Gasteiger partial charge in [-0.05, 0) is 67.4 Å². The molecule has 8 heteroatoms. The Morgan fingerprint density at radius 2 is 1.74 bits per heavy atom. The van der Waals surface area contributed by atoms with Crippen molar-refractivity contribution in [2.75, 3.05) is 10.2 Å². The lowest BCUT2D eigenvalue weighted by Gasteiger charge is -2.19. The van der Waals surface area contributed by atoms with Crippen LogP contribution >= 0.6 is 23.4 Å². The van der Waals surface area contributed by atoms with Crippen molar-refractivity contribution in [1.29, 1.82) is 5.26 Å². The molecular formula is C26H19ClFN3O2S. The third-order valence-electron chi connectivity index (χ3n) is 5.23. The van der Waals surface area contributed by atoms with Crippen LogP contribution in [0.5, 0.6) is 0 Å². The van der Waals surface area contributed by atoms with Crippen LogP contribution in [0.15, 0.2) is 83.4 Å². The first-order valence-electron chi connectivity index (χ1n) is 10.4. The quantitative estimate of drug-likeness (QED) is 0.359. The van der Waals surface area contributed by atoms with Gasteiger partial charge >= 0.3 is 0 Å². The first-order chi connectivity index (χ1) is 16.4. The molecule has 2 amide bonds. The van der Waals surface area contributed by atoms with E-state index in [1.807, 2.05) is 25.1 Å². The Balaban J connectivity index is 1.71. The Morgan fingerprint density at radius 3 is 2.35 bits per heavy atom. The third-order valence-corrected chi connectivity index (χ3v) is 6.75. The van der Waals surface area contributed by atoms with Gasteiger partial charge in [-0.15, -0.1) is 0 Å². The van der Waals surface area contributed by atoms with Crippen molar-refractivity contribution in [1.82, 2.24) is 0 Å². The van der Waals surface area contributed by atoms with E-state index in [2.05, 4.69) is 5.32 Å². The maximum Gasteiger partial charge on any atom is 0.269 e. The van der Waals surface area contributed by atoms with Crippen LogP contribution in [-0.2, 0) is 16.0 Å². The summed E-state index contributed by atoms with van der Waals surface area (Å²) in [5, 5.41) is 12.8. The number of hydrogen-bond donors (Lipinski definition) is 1. The number of rotatable bonds is 5. The highest BCUT2D eigenvalue weighted by Crippen LogP contribution is 2.42. The normalized spacial score (nSPS) is 16.8. The van der Waals surface area contributed by atoms with Crippen molar-refractivity contribution >= 4 is 46.6 Å². The molecule has 1 saturated heterocycles.